The van der Waals surface area contributed by atoms with E-state index in [2.05, 4.69) is 20.9 Å². The fourth-order valence-corrected chi connectivity index (χ4v) is 5.71. The lowest BCUT2D eigenvalue weighted by Gasteiger charge is -2.63. The number of alkyl halides is 2. The molecule has 3 saturated carbocycles. The lowest BCUT2D eigenvalue weighted by molar-refractivity contribution is -0.254. The van der Waals surface area contributed by atoms with Crippen LogP contribution in [-0.2, 0) is 19.2 Å². The predicted octanol–water partition coefficient (Wildman–Crippen LogP) is 2.48. The van der Waals surface area contributed by atoms with Crippen LogP contribution in [0.15, 0.2) is 18.2 Å². The van der Waals surface area contributed by atoms with Gasteiger partial charge in [-0.3, -0.25) is 19.2 Å². The first kappa shape index (κ1) is 29.8. The van der Waals surface area contributed by atoms with Crippen LogP contribution in [0.25, 0.3) is 0 Å². The smallest absolute Gasteiger partial charge is 0.330 e. The fourth-order valence-electron chi connectivity index (χ4n) is 5.71. The number of amides is 4. The molecule has 1 aromatic rings. The van der Waals surface area contributed by atoms with Crippen LogP contribution in [0.2, 0.25) is 0 Å². The van der Waals surface area contributed by atoms with Gasteiger partial charge in [0.1, 0.15) is 17.9 Å². The third-order valence-electron chi connectivity index (χ3n) is 8.73. The van der Waals surface area contributed by atoms with Gasteiger partial charge in [-0.2, -0.15) is 8.78 Å². The highest BCUT2D eigenvalue weighted by molar-refractivity contribution is 5.98. The molecule has 5 rings (SSSR count). The average molecular weight is 566 g/mol. The van der Waals surface area contributed by atoms with E-state index in [9.17, 15) is 28.0 Å². The number of hydrogen-bond acceptors (Lipinski definition) is 5. The number of rotatable bonds is 10. The third kappa shape index (κ3) is 5.68. The van der Waals surface area contributed by atoms with Crippen LogP contribution < -0.4 is 16.0 Å². The summed E-state index contributed by atoms with van der Waals surface area (Å²) in [5.41, 5.74) is -1.07. The SMILES string of the molecule is CCC(=O)N[C@@H](C(=O)N1CCN(C)CC1)[C@@H](C)c1ccc(NC(=O)[C@H](C)NC(=O)C(F)(F)C23CC(C2)C3)c(F)c1. The lowest BCUT2D eigenvalue weighted by Crippen LogP contribution is -2.67. The molecule has 0 spiro atoms. The lowest BCUT2D eigenvalue weighted by atomic mass is 9.42. The van der Waals surface area contributed by atoms with Gasteiger partial charge in [-0.05, 0) is 56.8 Å². The van der Waals surface area contributed by atoms with Gasteiger partial charge in [-0.1, -0.05) is 19.9 Å². The largest absolute Gasteiger partial charge is 0.344 e. The van der Waals surface area contributed by atoms with Crippen LogP contribution in [0.5, 0.6) is 0 Å². The summed E-state index contributed by atoms with van der Waals surface area (Å²) in [6.45, 7) is 7.08. The first-order valence-corrected chi connectivity index (χ1v) is 13.8. The Kier molecular flexibility index (Phi) is 8.49. The van der Waals surface area contributed by atoms with E-state index in [4.69, 9.17) is 0 Å². The maximum Gasteiger partial charge on any atom is 0.330 e. The summed E-state index contributed by atoms with van der Waals surface area (Å²) >= 11 is 0. The van der Waals surface area contributed by atoms with E-state index in [1.54, 1.807) is 18.7 Å². The first-order valence-electron chi connectivity index (χ1n) is 13.8. The molecule has 1 aromatic carbocycles. The highest BCUT2D eigenvalue weighted by Gasteiger charge is 2.72. The Hall–Kier alpha value is -3.15. The quantitative estimate of drug-likeness (QED) is 0.404. The molecule has 4 amide bonds. The number of likely N-dealkylation sites (N-methyl/N-ethyl adjacent to an activating group) is 1. The van der Waals surface area contributed by atoms with Crippen LogP contribution in [0, 0.1) is 17.2 Å². The van der Waals surface area contributed by atoms with Crippen LogP contribution in [0.1, 0.15) is 57.9 Å². The Labute approximate surface area is 232 Å². The van der Waals surface area contributed by atoms with Crippen molar-refractivity contribution in [3.8, 4) is 0 Å². The molecule has 1 saturated heterocycles. The Balaban J connectivity index is 1.40. The van der Waals surface area contributed by atoms with Gasteiger partial charge in [0, 0.05) is 43.9 Å². The van der Waals surface area contributed by atoms with Crippen molar-refractivity contribution in [3.63, 3.8) is 0 Å². The van der Waals surface area contributed by atoms with Crippen molar-refractivity contribution in [2.45, 2.75) is 70.4 Å². The van der Waals surface area contributed by atoms with Gasteiger partial charge < -0.3 is 25.8 Å². The molecule has 1 heterocycles. The number of halogens is 3. The van der Waals surface area contributed by atoms with Crippen molar-refractivity contribution in [1.29, 1.82) is 0 Å². The number of benzene rings is 1. The number of nitrogens with zero attached hydrogens (tertiary/aromatic N) is 2. The molecule has 1 aliphatic heterocycles. The molecule has 0 aromatic heterocycles. The minimum Gasteiger partial charge on any atom is -0.344 e. The average Bonchev–Trinajstić information content (AvgIpc) is 2.85. The van der Waals surface area contributed by atoms with Gasteiger partial charge in [0.2, 0.25) is 17.7 Å². The summed E-state index contributed by atoms with van der Waals surface area (Å²) in [6.07, 6.45) is 1.12. The van der Waals surface area contributed by atoms with Gasteiger partial charge in [0.25, 0.3) is 5.91 Å². The minimum absolute atomic E-state index is 0.181. The van der Waals surface area contributed by atoms with Crippen molar-refractivity contribution >= 4 is 29.3 Å². The second kappa shape index (κ2) is 11.4. The highest BCUT2D eigenvalue weighted by atomic mass is 19.3. The molecule has 40 heavy (non-hydrogen) atoms. The van der Waals surface area contributed by atoms with Gasteiger partial charge in [0.15, 0.2) is 0 Å². The second-order valence-corrected chi connectivity index (χ2v) is 11.6. The standard InChI is InChI=1S/C28H38F3N5O4/c1-5-22(37)34-23(25(39)36-10-8-35(4)9-11-36)16(2)19-6-7-21(20(29)12-19)33-24(38)17(3)32-26(40)28(30,31)27-13-18(14-27)15-27/h6-7,12,16-18,23H,5,8-11,13-15H2,1-4H3,(H,32,40)(H,33,38)(H,34,37)/t16-,17-,18?,23+,27?/m0/s1. The number of hydrogen-bond donors (Lipinski definition) is 3. The number of piperazine rings is 1. The van der Waals surface area contributed by atoms with Gasteiger partial charge in [-0.15, -0.1) is 0 Å². The summed E-state index contributed by atoms with van der Waals surface area (Å²) in [6, 6.07) is 1.78. The molecule has 3 N–H and O–H groups in total. The van der Waals surface area contributed by atoms with Crippen molar-refractivity contribution in [2.24, 2.45) is 11.3 Å². The topological polar surface area (TPSA) is 111 Å². The fraction of sp³-hybridized carbons (Fsp3) is 0.643. The molecule has 12 heteroatoms. The van der Waals surface area contributed by atoms with Crippen molar-refractivity contribution in [1.82, 2.24) is 20.4 Å². The summed E-state index contributed by atoms with van der Waals surface area (Å²) in [5, 5.41) is 7.17. The molecular weight excluding hydrogens is 527 g/mol. The molecule has 2 bridgehead atoms. The van der Waals surface area contributed by atoms with Crippen molar-refractivity contribution in [3.05, 3.63) is 29.6 Å². The van der Waals surface area contributed by atoms with Crippen LogP contribution in [0.3, 0.4) is 0 Å². The van der Waals surface area contributed by atoms with Crippen molar-refractivity contribution in [2.75, 3.05) is 38.5 Å². The molecule has 3 atom stereocenters. The zero-order chi connectivity index (χ0) is 29.4. The minimum atomic E-state index is -3.56. The number of carbonyl (C=O) groups is 4. The Morgan fingerprint density at radius 1 is 1.05 bits per heavy atom. The highest BCUT2D eigenvalue weighted by Crippen LogP contribution is 2.70. The third-order valence-corrected chi connectivity index (χ3v) is 8.73. The molecule has 3 aliphatic carbocycles. The van der Waals surface area contributed by atoms with E-state index in [-0.39, 0.29) is 29.8 Å². The van der Waals surface area contributed by atoms with E-state index >= 15 is 4.39 Å². The Bertz CT molecular complexity index is 1150. The summed E-state index contributed by atoms with van der Waals surface area (Å²) in [7, 11) is 1.96. The summed E-state index contributed by atoms with van der Waals surface area (Å²) < 4.78 is 44.3. The predicted molar refractivity (Wildman–Crippen MR) is 142 cm³/mol. The normalized spacial score (nSPS) is 24.6. The molecule has 0 radical (unpaired) electrons. The van der Waals surface area contributed by atoms with Gasteiger partial charge >= 0.3 is 5.92 Å². The molecule has 9 nitrogen and oxygen atoms in total. The monoisotopic (exact) mass is 565 g/mol. The molecule has 4 fully saturated rings. The maximum atomic E-state index is 15.1. The molecule has 0 unspecified atom stereocenters. The molecule has 4 aliphatic rings. The molecule has 220 valence electrons. The summed E-state index contributed by atoms with van der Waals surface area (Å²) in [4.78, 5) is 54.2. The van der Waals surface area contributed by atoms with Crippen LogP contribution in [0.4, 0.5) is 18.9 Å². The second-order valence-electron chi connectivity index (χ2n) is 11.6. The van der Waals surface area contributed by atoms with Crippen LogP contribution in [-0.4, -0.2) is 84.7 Å². The van der Waals surface area contributed by atoms with Gasteiger partial charge in [-0.25, -0.2) is 4.39 Å². The first-order chi connectivity index (χ1) is 18.8. The van der Waals surface area contributed by atoms with Gasteiger partial charge in [0.05, 0.1) is 5.69 Å². The Morgan fingerprint density at radius 3 is 2.20 bits per heavy atom. The van der Waals surface area contributed by atoms with Crippen LogP contribution >= 0.6 is 0 Å². The molecular formula is C28H38F3N5O4. The Morgan fingerprint density at radius 2 is 1.68 bits per heavy atom. The maximum absolute atomic E-state index is 15.1. The van der Waals surface area contributed by atoms with E-state index in [0.29, 0.717) is 51.0 Å². The number of anilines is 1. The number of nitrogens with one attached hydrogen (secondary N) is 3. The summed E-state index contributed by atoms with van der Waals surface area (Å²) in [5.74, 6) is -7.59. The van der Waals surface area contributed by atoms with E-state index in [0.717, 1.165) is 0 Å². The van der Waals surface area contributed by atoms with Crippen molar-refractivity contribution < 1.29 is 32.3 Å². The van der Waals surface area contributed by atoms with E-state index in [1.807, 2.05) is 7.05 Å². The zero-order valence-corrected chi connectivity index (χ0v) is 23.4. The van der Waals surface area contributed by atoms with E-state index in [1.165, 1.54) is 25.1 Å². The number of carbonyl (C=O) groups excluding carboxylic acids is 4. The van der Waals surface area contributed by atoms with E-state index < -0.39 is 47.0 Å². The zero-order valence-electron chi connectivity index (χ0n) is 23.4.